The topological polar surface area (TPSA) is 67.4 Å². The Labute approximate surface area is 190 Å². The van der Waals surface area contributed by atoms with E-state index in [0.717, 1.165) is 6.07 Å². The Morgan fingerprint density at radius 1 is 0.867 bits per heavy atom. The molecule has 0 bridgehead atoms. The van der Waals surface area contributed by atoms with Crippen molar-refractivity contribution in [1.29, 1.82) is 0 Å². The Morgan fingerprint density at radius 2 is 1.50 bits per heavy atom. The summed E-state index contributed by atoms with van der Waals surface area (Å²) in [5.41, 5.74) is -0.268. The smallest absolute Gasteiger partial charge is 0.326 e. The first-order chi connectivity index (χ1) is 14.2. The molecule has 3 aromatic carbocycles. The second-order valence-corrected chi connectivity index (χ2v) is 7.49. The third kappa shape index (κ3) is 5.34. The van der Waals surface area contributed by atoms with E-state index in [2.05, 4.69) is 5.32 Å². The van der Waals surface area contributed by atoms with Crippen molar-refractivity contribution in [3.63, 3.8) is 0 Å². The molecule has 2 N–H and O–H groups in total. The first kappa shape index (κ1) is 22.2. The minimum Gasteiger partial charge on any atom is -0.454 e. The van der Waals surface area contributed by atoms with Crippen LogP contribution in [0.1, 0.15) is 10.4 Å². The lowest BCUT2D eigenvalue weighted by atomic mass is 10.2. The van der Waals surface area contributed by atoms with Crippen molar-refractivity contribution in [3.05, 3.63) is 86.1 Å². The molecule has 0 aliphatic heterocycles. The molecule has 0 unspecified atom stereocenters. The number of imide groups is 1. The van der Waals surface area contributed by atoms with Gasteiger partial charge < -0.3 is 10.1 Å². The molecule has 0 spiro atoms. The SMILES string of the molecule is O=C(NC(=O)c1c(F)cccc1Cl)Nc1cc(Cl)c(Oc2ccc(Cl)cc2)c(Cl)c1. The predicted octanol–water partition coefficient (Wildman–Crippen LogP) is 7.19. The number of halogens is 5. The van der Waals surface area contributed by atoms with E-state index in [4.69, 9.17) is 51.1 Å². The van der Waals surface area contributed by atoms with Gasteiger partial charge in [-0.05, 0) is 48.5 Å². The number of ether oxygens (including phenoxy) is 1. The van der Waals surface area contributed by atoms with Crippen LogP contribution in [0.25, 0.3) is 0 Å². The number of benzene rings is 3. The summed E-state index contributed by atoms with van der Waals surface area (Å²) >= 11 is 24.0. The monoisotopic (exact) mass is 486 g/mol. The maximum absolute atomic E-state index is 13.8. The number of rotatable bonds is 4. The van der Waals surface area contributed by atoms with Crippen molar-refractivity contribution in [2.75, 3.05) is 5.32 Å². The van der Waals surface area contributed by atoms with Gasteiger partial charge in [0.25, 0.3) is 5.91 Å². The molecule has 0 fully saturated rings. The largest absolute Gasteiger partial charge is 0.454 e. The van der Waals surface area contributed by atoms with Gasteiger partial charge in [0, 0.05) is 10.7 Å². The molecule has 3 aromatic rings. The molecule has 154 valence electrons. The molecule has 5 nitrogen and oxygen atoms in total. The lowest BCUT2D eigenvalue weighted by molar-refractivity contribution is 0.0963. The van der Waals surface area contributed by atoms with E-state index >= 15 is 0 Å². The Morgan fingerprint density at radius 3 is 2.10 bits per heavy atom. The van der Waals surface area contributed by atoms with Gasteiger partial charge in [-0.2, -0.15) is 0 Å². The van der Waals surface area contributed by atoms with E-state index in [1.807, 2.05) is 5.32 Å². The highest BCUT2D eigenvalue weighted by atomic mass is 35.5. The van der Waals surface area contributed by atoms with E-state index in [0.29, 0.717) is 10.8 Å². The number of hydrogen-bond acceptors (Lipinski definition) is 3. The van der Waals surface area contributed by atoms with E-state index in [1.165, 1.54) is 24.3 Å². The molecular formula is C20H11Cl4FN2O3. The van der Waals surface area contributed by atoms with Crippen molar-refractivity contribution in [2.24, 2.45) is 0 Å². The molecular weight excluding hydrogens is 477 g/mol. The van der Waals surface area contributed by atoms with Crippen LogP contribution in [0.15, 0.2) is 54.6 Å². The highest BCUT2D eigenvalue weighted by molar-refractivity contribution is 6.38. The average molecular weight is 488 g/mol. The van der Waals surface area contributed by atoms with Crippen LogP contribution in [0.2, 0.25) is 20.1 Å². The van der Waals surface area contributed by atoms with Gasteiger partial charge in [0.2, 0.25) is 0 Å². The Bertz CT molecular complexity index is 1080. The van der Waals surface area contributed by atoms with Crippen LogP contribution < -0.4 is 15.4 Å². The molecule has 3 rings (SSSR count). The molecule has 3 amide bonds. The van der Waals surface area contributed by atoms with Gasteiger partial charge in [-0.3, -0.25) is 10.1 Å². The third-order valence-corrected chi connectivity index (χ3v) is 4.84. The van der Waals surface area contributed by atoms with Gasteiger partial charge >= 0.3 is 6.03 Å². The minimum absolute atomic E-state index is 0.108. The van der Waals surface area contributed by atoms with Crippen LogP contribution in [0.5, 0.6) is 11.5 Å². The minimum atomic E-state index is -1.00. The van der Waals surface area contributed by atoms with Crippen molar-refractivity contribution in [3.8, 4) is 11.5 Å². The standard InChI is InChI=1S/C20H11Cl4FN2O3/c21-10-4-6-12(7-5-10)30-18-14(23)8-11(9-15(18)24)26-20(29)27-19(28)17-13(22)2-1-3-16(17)25/h1-9H,(H2,26,27,28,29). The maximum Gasteiger partial charge on any atom is 0.326 e. The Kier molecular flexibility index (Phi) is 7.05. The van der Waals surface area contributed by atoms with E-state index in [9.17, 15) is 14.0 Å². The molecule has 0 atom stereocenters. The van der Waals surface area contributed by atoms with Crippen molar-refractivity contribution in [1.82, 2.24) is 5.32 Å². The maximum atomic E-state index is 13.8. The summed E-state index contributed by atoms with van der Waals surface area (Å²) in [4.78, 5) is 24.2. The molecule has 10 heteroatoms. The second-order valence-electron chi connectivity index (χ2n) is 5.83. The summed E-state index contributed by atoms with van der Waals surface area (Å²) in [5, 5.41) is 4.99. The van der Waals surface area contributed by atoms with E-state index in [-0.39, 0.29) is 26.5 Å². The fourth-order valence-electron chi connectivity index (χ4n) is 2.39. The van der Waals surface area contributed by atoms with Gasteiger partial charge in [0.1, 0.15) is 11.6 Å². The molecule has 0 aliphatic carbocycles. The molecule has 0 saturated heterocycles. The second kappa shape index (κ2) is 9.53. The van der Waals surface area contributed by atoms with Gasteiger partial charge in [0.05, 0.1) is 20.6 Å². The zero-order valence-corrected chi connectivity index (χ0v) is 17.8. The highest BCUT2D eigenvalue weighted by Gasteiger charge is 2.19. The normalized spacial score (nSPS) is 10.4. The summed E-state index contributed by atoms with van der Waals surface area (Å²) in [5.74, 6) is -1.24. The van der Waals surface area contributed by atoms with Crippen LogP contribution in [0, 0.1) is 5.82 Å². The molecule has 30 heavy (non-hydrogen) atoms. The molecule has 0 saturated carbocycles. The molecule has 0 aliphatic rings. The summed E-state index contributed by atoms with van der Waals surface area (Å²) in [6.07, 6.45) is 0. The Hall–Kier alpha value is -2.51. The summed E-state index contributed by atoms with van der Waals surface area (Å²) in [6, 6.07) is 12.1. The number of amides is 3. The molecule has 0 radical (unpaired) electrons. The van der Waals surface area contributed by atoms with E-state index < -0.39 is 23.3 Å². The summed E-state index contributed by atoms with van der Waals surface area (Å²) < 4.78 is 19.4. The zero-order chi connectivity index (χ0) is 21.8. The van der Waals surface area contributed by atoms with Crippen LogP contribution in [-0.4, -0.2) is 11.9 Å². The first-order valence-corrected chi connectivity index (χ1v) is 9.74. The summed E-state index contributed by atoms with van der Waals surface area (Å²) in [7, 11) is 0. The number of carbonyl (C=O) groups is 2. The fraction of sp³-hybridized carbons (Fsp3) is 0. The number of urea groups is 1. The molecule has 0 heterocycles. The van der Waals surface area contributed by atoms with Crippen LogP contribution in [0.4, 0.5) is 14.9 Å². The van der Waals surface area contributed by atoms with Gasteiger partial charge in [0.15, 0.2) is 5.75 Å². The van der Waals surface area contributed by atoms with Gasteiger partial charge in [-0.25, -0.2) is 9.18 Å². The summed E-state index contributed by atoms with van der Waals surface area (Å²) in [6.45, 7) is 0. The van der Waals surface area contributed by atoms with Crippen molar-refractivity contribution in [2.45, 2.75) is 0 Å². The van der Waals surface area contributed by atoms with Gasteiger partial charge in [-0.1, -0.05) is 52.5 Å². The highest BCUT2D eigenvalue weighted by Crippen LogP contribution is 2.39. The average Bonchev–Trinajstić information content (AvgIpc) is 2.66. The van der Waals surface area contributed by atoms with Crippen LogP contribution in [-0.2, 0) is 0 Å². The van der Waals surface area contributed by atoms with Crippen LogP contribution >= 0.6 is 46.4 Å². The predicted molar refractivity (Wildman–Crippen MR) is 116 cm³/mol. The number of anilines is 1. The first-order valence-electron chi connectivity index (χ1n) is 8.23. The van der Waals surface area contributed by atoms with Gasteiger partial charge in [-0.15, -0.1) is 0 Å². The number of nitrogens with one attached hydrogen (secondary N) is 2. The van der Waals surface area contributed by atoms with Crippen molar-refractivity contribution < 1.29 is 18.7 Å². The van der Waals surface area contributed by atoms with E-state index in [1.54, 1.807) is 24.3 Å². The number of carbonyl (C=O) groups excluding carboxylic acids is 2. The Balaban J connectivity index is 1.71. The zero-order valence-electron chi connectivity index (χ0n) is 14.8. The third-order valence-electron chi connectivity index (χ3n) is 3.71. The van der Waals surface area contributed by atoms with Crippen molar-refractivity contribution >= 4 is 64.0 Å². The fourth-order valence-corrected chi connectivity index (χ4v) is 3.33. The van der Waals surface area contributed by atoms with Crippen LogP contribution in [0.3, 0.4) is 0 Å². The number of hydrogen-bond donors (Lipinski definition) is 2. The quantitative estimate of drug-likeness (QED) is 0.409. The molecule has 0 aromatic heterocycles. The lowest BCUT2D eigenvalue weighted by Gasteiger charge is -2.13. The lowest BCUT2D eigenvalue weighted by Crippen LogP contribution is -2.35.